The third kappa shape index (κ3) is 12.5. The molecule has 0 saturated carbocycles. The third-order valence-electron chi connectivity index (χ3n) is 7.55. The maximum Gasteiger partial charge on any atom is 0.454 e. The van der Waals surface area contributed by atoms with E-state index in [1.807, 2.05) is 146 Å². The Balaban J connectivity index is 0.000000298. The summed E-state index contributed by atoms with van der Waals surface area (Å²) in [4.78, 5) is 9.86. The fraction of sp³-hybridized carbons (Fsp3) is 0.0976. The molecule has 0 aromatic heterocycles. The molecule has 5 aromatic carbocycles. The number of para-hydroxylation sites is 1. The van der Waals surface area contributed by atoms with Crippen molar-refractivity contribution in [1.82, 2.24) is 0 Å². The van der Waals surface area contributed by atoms with Crippen LogP contribution in [0.2, 0.25) is 0 Å². The van der Waals surface area contributed by atoms with Gasteiger partial charge >= 0.3 is 12.4 Å². The number of alkyl halides is 6. The van der Waals surface area contributed by atoms with E-state index in [0.717, 1.165) is 26.5 Å². The minimum Gasteiger partial charge on any atom is -0.504 e. The number of aliphatic hydroxyl groups is 1. The zero-order valence-electron chi connectivity index (χ0n) is 29.8. The van der Waals surface area contributed by atoms with E-state index >= 15 is 0 Å². The molecule has 0 aliphatic heterocycles. The van der Waals surface area contributed by atoms with E-state index in [9.17, 15) is 40.3 Å². The summed E-state index contributed by atoms with van der Waals surface area (Å²) in [7, 11) is -2.73. The van der Waals surface area contributed by atoms with Gasteiger partial charge in [0.2, 0.25) is 5.76 Å². The first-order chi connectivity index (χ1) is 26.0. The van der Waals surface area contributed by atoms with Crippen LogP contribution < -0.4 is 31.3 Å². The van der Waals surface area contributed by atoms with Crippen molar-refractivity contribution in [1.29, 1.82) is 0 Å². The van der Waals surface area contributed by atoms with Gasteiger partial charge in [0, 0.05) is 76.7 Å². The Morgan fingerprint density at radius 1 is 0.625 bits per heavy atom. The number of aliphatic hydroxyl groups excluding tert-OH is 1. The van der Waals surface area contributed by atoms with Crippen LogP contribution in [0.15, 0.2) is 182 Å². The minimum absolute atomic E-state index is 0. The van der Waals surface area contributed by atoms with Crippen molar-refractivity contribution in [2.24, 2.45) is 0 Å². The number of hydrogen-bond donors (Lipinski definition) is 1. The van der Waals surface area contributed by atoms with Crippen LogP contribution in [0.4, 0.5) is 26.3 Å². The van der Waals surface area contributed by atoms with E-state index in [1.54, 1.807) is 20.3 Å². The predicted molar refractivity (Wildman–Crippen MR) is 205 cm³/mol. The molecular weight excluding hydrogens is 916 g/mol. The van der Waals surface area contributed by atoms with E-state index in [0.29, 0.717) is 11.1 Å². The summed E-state index contributed by atoms with van der Waals surface area (Å²) in [5.41, 5.74) is 0. The number of carbonyl (C=O) groups excluding carboxylic acids is 1. The largest absolute Gasteiger partial charge is 0.504 e. The molecule has 0 heterocycles. The molecule has 0 amide bonds. The zero-order valence-corrected chi connectivity index (χ0v) is 34.0. The molecule has 0 aliphatic rings. The Morgan fingerprint density at radius 3 is 1.34 bits per heavy atom. The van der Waals surface area contributed by atoms with Gasteiger partial charge in [-0.2, -0.15) is 26.3 Å². The number of rotatable bonds is 10. The fourth-order valence-electron chi connectivity index (χ4n) is 4.98. The molecule has 56 heavy (non-hydrogen) atoms. The average molecular weight is 953 g/mol. The molecule has 0 unspecified atom stereocenters. The van der Waals surface area contributed by atoms with Gasteiger partial charge in [0.15, 0.2) is 14.3 Å². The fourth-order valence-corrected chi connectivity index (χ4v) is 10.4. The van der Waals surface area contributed by atoms with Gasteiger partial charge in [-0.25, -0.2) is 0 Å². The van der Waals surface area contributed by atoms with E-state index in [1.165, 1.54) is 6.26 Å². The molecule has 0 bridgehead atoms. The van der Waals surface area contributed by atoms with Gasteiger partial charge in [0.1, 0.15) is 5.75 Å². The smallest absolute Gasteiger partial charge is 0.454 e. The molecule has 5 aromatic rings. The second-order valence-corrected chi connectivity index (χ2v) is 16.6. The van der Waals surface area contributed by atoms with E-state index < -0.39 is 44.3 Å². The molecule has 0 saturated heterocycles. The molecule has 0 aliphatic carbocycles. The van der Waals surface area contributed by atoms with Crippen LogP contribution in [0.5, 0.6) is 5.75 Å². The molecule has 295 valence electrons. The van der Waals surface area contributed by atoms with Gasteiger partial charge in [0.05, 0.1) is 31.1 Å². The Kier molecular flexibility index (Phi) is 19.0. The number of carbonyl (C=O) groups is 1. The molecule has 0 spiro atoms. The van der Waals surface area contributed by atoms with Crippen molar-refractivity contribution in [2.75, 3.05) is 14.2 Å². The van der Waals surface area contributed by atoms with Crippen LogP contribution in [0.25, 0.3) is 0 Å². The van der Waals surface area contributed by atoms with Crippen molar-refractivity contribution in [2.45, 2.75) is 12.4 Å². The van der Waals surface area contributed by atoms with Crippen molar-refractivity contribution in [3.05, 3.63) is 182 Å². The molecule has 5 rings (SSSR count). The Labute approximate surface area is 361 Å². The molecule has 0 fully saturated rings. The number of methoxy groups -OCH3 is 2. The Morgan fingerprint density at radius 2 is 1.00 bits per heavy atom. The number of ether oxygens (including phenoxy) is 2. The third-order valence-corrected chi connectivity index (χ3v) is 13.7. The quantitative estimate of drug-likeness (QED) is 0.0495. The van der Waals surface area contributed by atoms with Gasteiger partial charge in [-0.3, -0.25) is 4.79 Å². The second kappa shape index (κ2) is 22.1. The number of benzene rings is 5. The van der Waals surface area contributed by atoms with Crippen molar-refractivity contribution < 1.29 is 104 Å². The van der Waals surface area contributed by atoms with Crippen molar-refractivity contribution >= 4 is 46.6 Å². The predicted octanol–water partition coefficient (Wildman–Crippen LogP) is 9.13. The Hall–Kier alpha value is -3.99. The number of ketones is 1. The second-order valence-electron chi connectivity index (χ2n) is 11.1. The standard InChI is InChI=1S/C19H17O2P.C17H17O2P.C5H2F6O2.Eu/c1-21-18-14-8-9-15-19(18)22(20,16-10-4-2-5-11-16)17-12-6-3-7-13-17;1-3-15(14-19-2)20(18,16-10-6-4-7-11-16)17-12-8-5-9-13-17;6-4(7,8)2(12)1-3(13)5(9,10)11;/h2-15H,1H3;3-14H,1H2,2H3;1,12H;/b;15-14-;2-1-;. The van der Waals surface area contributed by atoms with Crippen LogP contribution >= 0.6 is 14.3 Å². The van der Waals surface area contributed by atoms with Crippen molar-refractivity contribution in [3.63, 3.8) is 0 Å². The van der Waals surface area contributed by atoms with Gasteiger partial charge in [0.25, 0.3) is 5.78 Å². The number of hydrogen-bond acceptors (Lipinski definition) is 6. The normalized spacial score (nSPS) is 12.0. The maximum absolute atomic E-state index is 14.1. The first kappa shape index (κ1) is 48.2. The van der Waals surface area contributed by atoms with Crippen LogP contribution in [-0.4, -0.2) is 37.5 Å². The molecular formula is C41H36EuF6O6P2. The molecule has 1 N–H and O–H groups in total. The SMILES string of the molecule is C=C/C(=C/OC)P(=O)(c1ccccc1)c1ccccc1.COc1ccccc1P(=O)(c1ccccc1)c1ccccc1.O=C(/C=C(\O)C(F)(F)F)C(F)(F)F.[Eu]. The maximum atomic E-state index is 14.1. The van der Waals surface area contributed by atoms with Gasteiger partial charge < -0.3 is 23.7 Å². The van der Waals surface area contributed by atoms with E-state index in [4.69, 9.17) is 14.6 Å². The average Bonchev–Trinajstić information content (AvgIpc) is 3.20. The summed E-state index contributed by atoms with van der Waals surface area (Å²) in [5, 5.41) is 12.4. The summed E-state index contributed by atoms with van der Waals surface area (Å²) in [6.07, 6.45) is -8.57. The molecule has 1 radical (unpaired) electrons. The van der Waals surface area contributed by atoms with Gasteiger partial charge in [-0.05, 0) is 12.1 Å². The first-order valence-electron chi connectivity index (χ1n) is 16.1. The summed E-state index contributed by atoms with van der Waals surface area (Å²) < 4.78 is 106. The van der Waals surface area contributed by atoms with Crippen LogP contribution in [0, 0.1) is 49.4 Å². The number of halogens is 6. The molecule has 15 heteroatoms. The Bertz CT molecular complexity index is 2070. The molecule has 0 atom stereocenters. The van der Waals surface area contributed by atoms with E-state index in [-0.39, 0.29) is 49.4 Å². The summed E-state index contributed by atoms with van der Waals surface area (Å²) in [6.45, 7) is 3.78. The monoisotopic (exact) mass is 953 g/mol. The zero-order chi connectivity index (χ0) is 40.7. The summed E-state index contributed by atoms with van der Waals surface area (Å²) in [6, 6.07) is 45.6. The van der Waals surface area contributed by atoms with Crippen LogP contribution in [0.3, 0.4) is 0 Å². The first-order valence-corrected chi connectivity index (χ1v) is 19.5. The summed E-state index contributed by atoms with van der Waals surface area (Å²) in [5.74, 6) is -4.68. The van der Waals surface area contributed by atoms with Crippen LogP contribution in [0.1, 0.15) is 0 Å². The minimum atomic E-state index is -5.42. The number of allylic oxidation sites excluding steroid dienone is 4. The molecule has 6 nitrogen and oxygen atoms in total. The van der Waals surface area contributed by atoms with E-state index in [2.05, 4.69) is 6.58 Å². The topological polar surface area (TPSA) is 89.9 Å². The van der Waals surface area contributed by atoms with Gasteiger partial charge in [-0.1, -0.05) is 146 Å². The summed E-state index contributed by atoms with van der Waals surface area (Å²) >= 11 is 0. The van der Waals surface area contributed by atoms with Crippen LogP contribution in [-0.2, 0) is 18.7 Å². The van der Waals surface area contributed by atoms with Gasteiger partial charge in [-0.15, -0.1) is 0 Å². The van der Waals surface area contributed by atoms with Crippen molar-refractivity contribution in [3.8, 4) is 5.75 Å².